The first-order valence-electron chi connectivity index (χ1n) is 19.7. The number of hydrogen-bond acceptors (Lipinski definition) is 8. The number of ether oxygens (including phenoxy) is 2. The zero-order chi connectivity index (χ0) is 42.2. The van der Waals surface area contributed by atoms with Crippen molar-refractivity contribution in [3.8, 4) is 34.4 Å². The van der Waals surface area contributed by atoms with Gasteiger partial charge in [0.1, 0.15) is 35.3 Å². The summed E-state index contributed by atoms with van der Waals surface area (Å²) in [5, 5.41) is 5.51. The zero-order valence-corrected chi connectivity index (χ0v) is 34.5. The van der Waals surface area contributed by atoms with Crippen LogP contribution in [0.1, 0.15) is 76.4 Å². The van der Waals surface area contributed by atoms with Crippen molar-refractivity contribution in [3.63, 3.8) is 0 Å². The second kappa shape index (κ2) is 16.3. The molecule has 14 nitrogen and oxygen atoms in total. The van der Waals surface area contributed by atoms with Crippen LogP contribution in [0.15, 0.2) is 84.2 Å². The van der Waals surface area contributed by atoms with Crippen LogP contribution in [-0.2, 0) is 19.1 Å². The molecule has 1 saturated carbocycles. The molecule has 2 aromatic heterocycles. The third-order valence-corrected chi connectivity index (χ3v) is 11.8. The minimum absolute atomic E-state index is 0.0274. The molecule has 0 bridgehead atoms. The summed E-state index contributed by atoms with van der Waals surface area (Å²) in [6.07, 6.45) is 6.30. The number of amides is 4. The fourth-order valence-corrected chi connectivity index (χ4v) is 8.08. The molecule has 1 aliphatic carbocycles. The van der Waals surface area contributed by atoms with Gasteiger partial charge in [0.25, 0.3) is 0 Å². The van der Waals surface area contributed by atoms with E-state index in [1.54, 1.807) is 22.2 Å². The maximum Gasteiger partial charge on any atom is 0.407 e. The molecule has 4 heterocycles. The predicted octanol–water partition coefficient (Wildman–Crippen LogP) is 6.29. The molecule has 0 radical (unpaired) electrons. The molecule has 306 valence electrons. The lowest BCUT2D eigenvalue weighted by molar-refractivity contribution is -0.136. The number of benzene rings is 2. The number of methoxy groups -OCH3 is 2. The second-order valence-electron chi connectivity index (χ2n) is 16.0. The molecule has 1 fully saturated rings. The summed E-state index contributed by atoms with van der Waals surface area (Å²) in [7, 11) is 2.58. The summed E-state index contributed by atoms with van der Waals surface area (Å²) in [6.45, 7) is 12.5. The van der Waals surface area contributed by atoms with Crippen LogP contribution in [-0.4, -0.2) is 92.6 Å². The van der Waals surface area contributed by atoms with E-state index >= 15 is 0 Å². The first-order valence-corrected chi connectivity index (χ1v) is 19.7. The van der Waals surface area contributed by atoms with Crippen LogP contribution in [0.2, 0.25) is 0 Å². The molecule has 7 rings (SSSR count). The van der Waals surface area contributed by atoms with Gasteiger partial charge in [-0.05, 0) is 67.0 Å². The third kappa shape index (κ3) is 7.97. The van der Waals surface area contributed by atoms with Gasteiger partial charge in [0.2, 0.25) is 11.8 Å². The van der Waals surface area contributed by atoms with Gasteiger partial charge in [0.05, 0.1) is 38.0 Å². The summed E-state index contributed by atoms with van der Waals surface area (Å²) in [6, 6.07) is 14.2. The highest BCUT2D eigenvalue weighted by Crippen LogP contribution is 2.52. The van der Waals surface area contributed by atoms with Gasteiger partial charge in [-0.15, -0.1) is 0 Å². The number of imidazole rings is 2. The van der Waals surface area contributed by atoms with E-state index in [4.69, 9.17) is 9.47 Å². The van der Waals surface area contributed by atoms with Crippen molar-refractivity contribution in [2.24, 2.45) is 17.8 Å². The Balaban J connectivity index is 0.997. The lowest BCUT2D eigenvalue weighted by atomic mass is 10.0. The van der Waals surface area contributed by atoms with E-state index in [0.717, 1.165) is 44.8 Å². The molecule has 2 aromatic carbocycles. The molecule has 4 amide bonds. The molecule has 3 aliphatic rings. The number of aromatic amines is 2. The van der Waals surface area contributed by atoms with Gasteiger partial charge in [-0.25, -0.2) is 19.6 Å². The minimum Gasteiger partial charge on any atom is -0.453 e. The Hall–Kier alpha value is -6.62. The number of rotatable bonds is 9. The van der Waals surface area contributed by atoms with E-state index in [1.807, 2.05) is 102 Å². The molecule has 4 aromatic rings. The molecular formula is C45H50N8O6. The molecule has 4 N–H and O–H groups in total. The number of carbonyl (C=O) groups is 4. The second-order valence-corrected chi connectivity index (χ2v) is 16.0. The average Bonchev–Trinajstić information content (AvgIpc) is 3.94. The Kier molecular flexibility index (Phi) is 11.2. The average molecular weight is 799 g/mol. The molecule has 4 unspecified atom stereocenters. The Bertz CT molecular complexity index is 2370. The Morgan fingerprint density at radius 1 is 0.746 bits per heavy atom. The smallest absolute Gasteiger partial charge is 0.407 e. The summed E-state index contributed by atoms with van der Waals surface area (Å²) in [5.41, 5.74) is 6.23. The monoisotopic (exact) mass is 798 g/mol. The van der Waals surface area contributed by atoms with Crippen molar-refractivity contribution >= 4 is 24.0 Å². The van der Waals surface area contributed by atoms with Crippen molar-refractivity contribution in [3.05, 3.63) is 107 Å². The molecule has 59 heavy (non-hydrogen) atoms. The lowest BCUT2D eigenvalue weighted by Crippen LogP contribution is -2.53. The number of aromatic nitrogens is 4. The topological polar surface area (TPSA) is 175 Å². The number of H-pyrrole nitrogens is 2. The van der Waals surface area contributed by atoms with Crippen LogP contribution in [0.25, 0.3) is 22.5 Å². The Labute approximate surface area is 343 Å². The number of nitrogens with zero attached hydrogens (tertiary/aromatic N) is 4. The first kappa shape index (κ1) is 40.6. The van der Waals surface area contributed by atoms with Gasteiger partial charge in [-0.3, -0.25) is 9.59 Å². The summed E-state index contributed by atoms with van der Waals surface area (Å²) in [4.78, 5) is 71.4. The quantitative estimate of drug-likeness (QED) is 0.113. The van der Waals surface area contributed by atoms with E-state index in [2.05, 4.69) is 42.4 Å². The largest absolute Gasteiger partial charge is 0.453 e. The zero-order valence-electron chi connectivity index (χ0n) is 34.5. The fraction of sp³-hybridized carbons (Fsp3) is 0.378. The number of hydrogen-bond donors (Lipinski definition) is 4. The highest BCUT2D eigenvalue weighted by atomic mass is 16.5. The van der Waals surface area contributed by atoms with Gasteiger partial charge in [0, 0.05) is 24.2 Å². The van der Waals surface area contributed by atoms with Crippen LogP contribution >= 0.6 is 0 Å². The molecule has 0 saturated heterocycles. The van der Waals surface area contributed by atoms with Crippen molar-refractivity contribution in [1.82, 2.24) is 40.4 Å². The normalized spacial score (nSPS) is 22.5. The van der Waals surface area contributed by atoms with Crippen LogP contribution < -0.4 is 10.6 Å². The number of alkyl carbamates (subject to hydrolysis) is 2. The van der Waals surface area contributed by atoms with Gasteiger partial charge >= 0.3 is 12.2 Å². The van der Waals surface area contributed by atoms with Crippen LogP contribution in [0, 0.1) is 29.6 Å². The summed E-state index contributed by atoms with van der Waals surface area (Å²) < 4.78 is 9.60. The third-order valence-electron chi connectivity index (χ3n) is 11.8. The van der Waals surface area contributed by atoms with Gasteiger partial charge in [0.15, 0.2) is 0 Å². The van der Waals surface area contributed by atoms with E-state index in [9.17, 15) is 19.2 Å². The maximum absolute atomic E-state index is 14.0. The standard InChI is InChI=1S/C45H50N8O6/c1-25(2)38(50-43(56)58-7)41(54)52-23-26(3)19-36(52)39-46-21-34(48-39)32-15-11-30(12-16-32)9-10-31-13-17-33(18-14-31)35-22-47-40(49-35)37-20-27(4)24-53(37)42(55)45(28(5)29(45)6)51-44(57)59-8/h11-22,25,28-29,36-38H,23-24H2,1-8H3,(H,46,48)(H,47,49)(H,50,56)(H,51,57)/t28?,29?,36?,37?,38-,45?/m0/s1. The predicted molar refractivity (Wildman–Crippen MR) is 221 cm³/mol. The highest BCUT2D eigenvalue weighted by Gasteiger charge is 2.67. The van der Waals surface area contributed by atoms with E-state index in [-0.39, 0.29) is 29.6 Å². The summed E-state index contributed by atoms with van der Waals surface area (Å²) in [5.74, 6) is 7.22. The molecular weight excluding hydrogens is 749 g/mol. The molecule has 14 heteroatoms. The van der Waals surface area contributed by atoms with Crippen LogP contribution in [0.4, 0.5) is 9.59 Å². The van der Waals surface area contributed by atoms with Gasteiger partial charge in [-0.1, -0.05) is 87.1 Å². The van der Waals surface area contributed by atoms with Crippen molar-refractivity contribution in [2.45, 2.75) is 65.2 Å². The highest BCUT2D eigenvalue weighted by molar-refractivity contribution is 5.95. The Morgan fingerprint density at radius 3 is 1.64 bits per heavy atom. The maximum atomic E-state index is 14.0. The fourth-order valence-electron chi connectivity index (χ4n) is 8.08. The molecule has 0 spiro atoms. The van der Waals surface area contributed by atoms with E-state index < -0.39 is 35.9 Å². The van der Waals surface area contributed by atoms with Crippen molar-refractivity contribution < 1.29 is 28.7 Å². The Morgan fingerprint density at radius 2 is 1.20 bits per heavy atom. The number of nitrogens with one attached hydrogen (secondary N) is 4. The van der Waals surface area contributed by atoms with E-state index in [1.165, 1.54) is 14.2 Å². The van der Waals surface area contributed by atoms with Crippen molar-refractivity contribution in [1.29, 1.82) is 0 Å². The first-order chi connectivity index (χ1) is 28.2. The molecule has 2 aliphatic heterocycles. The van der Waals surface area contributed by atoms with Gasteiger partial charge < -0.3 is 39.9 Å². The van der Waals surface area contributed by atoms with Crippen LogP contribution in [0.5, 0.6) is 0 Å². The van der Waals surface area contributed by atoms with Gasteiger partial charge in [-0.2, -0.15) is 0 Å². The van der Waals surface area contributed by atoms with E-state index in [0.29, 0.717) is 24.7 Å². The van der Waals surface area contributed by atoms with Crippen molar-refractivity contribution in [2.75, 3.05) is 27.3 Å². The lowest BCUT2D eigenvalue weighted by Gasteiger charge is -2.30. The minimum atomic E-state index is -1.01. The number of carbonyl (C=O) groups excluding carboxylic acids is 4. The molecule has 5 atom stereocenters. The summed E-state index contributed by atoms with van der Waals surface area (Å²) >= 11 is 0. The van der Waals surface area contributed by atoms with Crippen LogP contribution in [0.3, 0.4) is 0 Å². The SMILES string of the molecule is COC(=O)N[C@H](C(=O)N1CC(C)=CC1c1ncc(-c2ccc(C#Cc3ccc(-c4cnc(C5C=C(C)CN5C(=O)C5(NC(=O)OC)C(C)C5C)[nH]4)cc3)cc2)[nH]1)C(C)C.